The SMILES string of the molecule is CCNc1nc(NCc2c(C)noc2C)c(Cl)cc1Cl. The second-order valence-electron chi connectivity index (χ2n) is 4.34. The Bertz CT molecular complexity index is 593. The van der Waals surface area contributed by atoms with Gasteiger partial charge in [-0.25, -0.2) is 4.98 Å². The van der Waals surface area contributed by atoms with Crippen molar-refractivity contribution >= 4 is 34.8 Å². The van der Waals surface area contributed by atoms with Gasteiger partial charge in [0.2, 0.25) is 0 Å². The lowest BCUT2D eigenvalue weighted by atomic mass is 10.2. The van der Waals surface area contributed by atoms with Gasteiger partial charge in [0.15, 0.2) is 0 Å². The van der Waals surface area contributed by atoms with Crippen LogP contribution in [0.25, 0.3) is 0 Å². The Kier molecular flexibility index (Phi) is 4.73. The van der Waals surface area contributed by atoms with E-state index >= 15 is 0 Å². The van der Waals surface area contributed by atoms with Crippen molar-refractivity contribution < 1.29 is 4.52 Å². The number of hydrogen-bond acceptors (Lipinski definition) is 5. The first-order chi connectivity index (χ1) is 9.52. The quantitative estimate of drug-likeness (QED) is 0.872. The molecule has 0 atom stereocenters. The zero-order valence-corrected chi connectivity index (χ0v) is 13.1. The van der Waals surface area contributed by atoms with E-state index in [1.807, 2.05) is 20.8 Å². The lowest BCUT2D eigenvalue weighted by molar-refractivity contribution is 0.392. The van der Waals surface area contributed by atoms with Crippen LogP contribution in [0.4, 0.5) is 11.6 Å². The van der Waals surface area contributed by atoms with Crippen molar-refractivity contribution in [3.8, 4) is 0 Å². The average molecular weight is 315 g/mol. The predicted molar refractivity (Wildman–Crippen MR) is 81.7 cm³/mol. The summed E-state index contributed by atoms with van der Waals surface area (Å²) in [7, 11) is 0. The monoisotopic (exact) mass is 314 g/mol. The first-order valence-electron chi connectivity index (χ1n) is 6.28. The van der Waals surface area contributed by atoms with E-state index in [1.165, 1.54) is 0 Å². The standard InChI is InChI=1S/C13H16Cl2N4O/c1-4-16-12-10(14)5-11(15)13(18-12)17-6-9-7(2)19-20-8(9)3/h5H,4,6H2,1-3H3,(H2,16,17,18). The van der Waals surface area contributed by atoms with Crippen LogP contribution in [0.1, 0.15) is 23.9 Å². The Labute approximate surface area is 127 Å². The summed E-state index contributed by atoms with van der Waals surface area (Å²) in [5, 5.41) is 11.2. The number of halogens is 2. The lowest BCUT2D eigenvalue weighted by Gasteiger charge is -2.11. The molecule has 0 aliphatic heterocycles. The number of aryl methyl sites for hydroxylation is 2. The third kappa shape index (κ3) is 3.16. The first-order valence-corrected chi connectivity index (χ1v) is 7.04. The molecule has 0 aliphatic carbocycles. The number of nitrogens with one attached hydrogen (secondary N) is 2. The molecule has 0 saturated heterocycles. The van der Waals surface area contributed by atoms with Gasteiger partial charge in [-0.3, -0.25) is 0 Å². The Hall–Kier alpha value is -1.46. The van der Waals surface area contributed by atoms with Crippen molar-refractivity contribution in [1.29, 1.82) is 0 Å². The van der Waals surface area contributed by atoms with Crippen LogP contribution in [-0.4, -0.2) is 16.7 Å². The van der Waals surface area contributed by atoms with Gasteiger partial charge in [-0.05, 0) is 26.8 Å². The molecular weight excluding hydrogens is 299 g/mol. The van der Waals surface area contributed by atoms with Crippen LogP contribution in [0.15, 0.2) is 10.6 Å². The van der Waals surface area contributed by atoms with Crippen molar-refractivity contribution in [2.24, 2.45) is 0 Å². The maximum atomic E-state index is 6.15. The third-order valence-corrected chi connectivity index (χ3v) is 3.46. The molecule has 0 amide bonds. The van der Waals surface area contributed by atoms with Crippen molar-refractivity contribution in [3.05, 3.63) is 33.1 Å². The minimum Gasteiger partial charge on any atom is -0.369 e. The third-order valence-electron chi connectivity index (χ3n) is 2.89. The number of rotatable bonds is 5. The summed E-state index contributed by atoms with van der Waals surface area (Å²) in [6, 6.07) is 1.67. The van der Waals surface area contributed by atoms with Crippen molar-refractivity contribution in [3.63, 3.8) is 0 Å². The molecule has 2 aromatic heterocycles. The van der Waals surface area contributed by atoms with Gasteiger partial charge in [0.25, 0.3) is 0 Å². The van der Waals surface area contributed by atoms with Gasteiger partial charge >= 0.3 is 0 Å². The van der Waals surface area contributed by atoms with Gasteiger partial charge in [-0.2, -0.15) is 0 Å². The Morgan fingerprint density at radius 1 is 1.15 bits per heavy atom. The molecule has 0 bridgehead atoms. The molecule has 5 nitrogen and oxygen atoms in total. The molecule has 2 aromatic rings. The Morgan fingerprint density at radius 3 is 2.35 bits per heavy atom. The maximum Gasteiger partial charge on any atom is 0.147 e. The lowest BCUT2D eigenvalue weighted by Crippen LogP contribution is -2.07. The zero-order valence-electron chi connectivity index (χ0n) is 11.6. The highest BCUT2D eigenvalue weighted by atomic mass is 35.5. The van der Waals surface area contributed by atoms with E-state index in [-0.39, 0.29) is 0 Å². The fraction of sp³-hybridized carbons (Fsp3) is 0.385. The van der Waals surface area contributed by atoms with Crippen molar-refractivity contribution in [2.75, 3.05) is 17.2 Å². The van der Waals surface area contributed by atoms with Gasteiger partial charge in [-0.15, -0.1) is 0 Å². The van der Waals surface area contributed by atoms with Crippen LogP contribution in [0.5, 0.6) is 0 Å². The summed E-state index contributed by atoms with van der Waals surface area (Å²) in [4.78, 5) is 4.38. The topological polar surface area (TPSA) is 63.0 Å². The fourth-order valence-corrected chi connectivity index (χ4v) is 2.30. The van der Waals surface area contributed by atoms with Crippen LogP contribution >= 0.6 is 23.2 Å². The molecular formula is C13H16Cl2N4O. The second-order valence-corrected chi connectivity index (χ2v) is 5.15. The smallest absolute Gasteiger partial charge is 0.147 e. The summed E-state index contributed by atoms with van der Waals surface area (Å²) < 4.78 is 5.12. The van der Waals surface area contributed by atoms with Crippen LogP contribution in [-0.2, 0) is 6.54 Å². The molecule has 108 valence electrons. The highest BCUT2D eigenvalue weighted by molar-refractivity contribution is 6.37. The van der Waals surface area contributed by atoms with Gasteiger partial charge < -0.3 is 15.2 Å². The van der Waals surface area contributed by atoms with Crippen LogP contribution in [0.2, 0.25) is 10.0 Å². The predicted octanol–water partition coefficient (Wildman–Crippen LogP) is 4.04. The van der Waals surface area contributed by atoms with Crippen molar-refractivity contribution in [2.45, 2.75) is 27.3 Å². The zero-order chi connectivity index (χ0) is 14.7. The molecule has 7 heteroatoms. The summed E-state index contributed by atoms with van der Waals surface area (Å²) in [5.74, 6) is 1.97. The Balaban J connectivity index is 2.19. The molecule has 20 heavy (non-hydrogen) atoms. The second kappa shape index (κ2) is 6.33. The molecule has 2 heterocycles. The summed E-state index contributed by atoms with van der Waals surface area (Å²) in [6.45, 7) is 7.02. The number of nitrogens with zero attached hydrogens (tertiary/aromatic N) is 2. The van der Waals surface area contributed by atoms with E-state index in [0.717, 1.165) is 23.6 Å². The van der Waals surface area contributed by atoms with Gasteiger partial charge in [-0.1, -0.05) is 28.4 Å². The van der Waals surface area contributed by atoms with Gasteiger partial charge in [0.05, 0.1) is 15.7 Å². The van der Waals surface area contributed by atoms with E-state index in [2.05, 4.69) is 20.8 Å². The van der Waals surface area contributed by atoms with Crippen LogP contribution in [0, 0.1) is 13.8 Å². The van der Waals surface area contributed by atoms with Crippen LogP contribution in [0.3, 0.4) is 0 Å². The van der Waals surface area contributed by atoms with Gasteiger partial charge in [0.1, 0.15) is 17.4 Å². The summed E-state index contributed by atoms with van der Waals surface area (Å²) >= 11 is 12.2. The average Bonchev–Trinajstić information content (AvgIpc) is 2.71. The number of pyridine rings is 1. The number of aromatic nitrogens is 2. The van der Waals surface area contributed by atoms with E-state index in [9.17, 15) is 0 Å². The van der Waals surface area contributed by atoms with E-state index in [1.54, 1.807) is 6.07 Å². The number of hydrogen-bond donors (Lipinski definition) is 2. The van der Waals surface area contributed by atoms with E-state index in [0.29, 0.717) is 28.2 Å². The van der Waals surface area contributed by atoms with Gasteiger partial charge in [0, 0.05) is 18.7 Å². The normalized spacial score (nSPS) is 10.7. The van der Waals surface area contributed by atoms with Crippen LogP contribution < -0.4 is 10.6 Å². The minimum absolute atomic E-state index is 0.475. The molecule has 0 radical (unpaired) electrons. The highest BCUT2D eigenvalue weighted by Crippen LogP contribution is 2.29. The minimum atomic E-state index is 0.475. The summed E-state index contributed by atoms with van der Waals surface area (Å²) in [6.07, 6.45) is 0. The highest BCUT2D eigenvalue weighted by Gasteiger charge is 2.12. The Morgan fingerprint density at radius 2 is 1.80 bits per heavy atom. The van der Waals surface area contributed by atoms with Crippen molar-refractivity contribution in [1.82, 2.24) is 10.1 Å². The molecule has 2 rings (SSSR count). The van der Waals surface area contributed by atoms with E-state index < -0.39 is 0 Å². The summed E-state index contributed by atoms with van der Waals surface area (Å²) in [5.41, 5.74) is 1.86. The largest absolute Gasteiger partial charge is 0.369 e. The molecule has 0 aromatic carbocycles. The molecule has 0 saturated carbocycles. The molecule has 0 unspecified atom stereocenters. The van der Waals surface area contributed by atoms with E-state index in [4.69, 9.17) is 27.7 Å². The first kappa shape index (κ1) is 14.9. The molecule has 0 fully saturated rings. The number of anilines is 2. The fourth-order valence-electron chi connectivity index (χ4n) is 1.81. The molecule has 2 N–H and O–H groups in total. The molecule has 0 spiro atoms. The maximum absolute atomic E-state index is 6.15. The molecule has 0 aliphatic rings.